The monoisotopic (exact) mass is 361 g/mol. The smallest absolute Gasteiger partial charge is 0.195 e. The van der Waals surface area contributed by atoms with Crippen molar-refractivity contribution in [3.05, 3.63) is 51.5 Å². The Morgan fingerprint density at radius 3 is 2.70 bits per heavy atom. The summed E-state index contributed by atoms with van der Waals surface area (Å²) in [6, 6.07) is 2.25. The SMILES string of the molecule is C=CCn1c(COc2c(F)cc(Br)cc2F)n[nH]c1=S. The molecule has 2 rings (SSSR count). The van der Waals surface area contributed by atoms with E-state index in [0.717, 1.165) is 12.1 Å². The van der Waals surface area contributed by atoms with Gasteiger partial charge in [0, 0.05) is 11.0 Å². The fourth-order valence-corrected chi connectivity index (χ4v) is 2.21. The summed E-state index contributed by atoms with van der Waals surface area (Å²) in [5, 5.41) is 6.53. The van der Waals surface area contributed by atoms with E-state index in [0.29, 0.717) is 21.6 Å². The van der Waals surface area contributed by atoms with Gasteiger partial charge in [-0.2, -0.15) is 5.10 Å². The molecule has 20 heavy (non-hydrogen) atoms. The van der Waals surface area contributed by atoms with E-state index in [1.54, 1.807) is 10.6 Å². The molecule has 0 bridgehead atoms. The second kappa shape index (κ2) is 6.27. The number of H-pyrrole nitrogens is 1. The number of rotatable bonds is 5. The summed E-state index contributed by atoms with van der Waals surface area (Å²) < 4.78 is 34.7. The van der Waals surface area contributed by atoms with Gasteiger partial charge in [-0.1, -0.05) is 22.0 Å². The predicted molar refractivity (Wildman–Crippen MR) is 76.0 cm³/mol. The molecular formula is C12H10BrF2N3OS. The van der Waals surface area contributed by atoms with Crippen molar-refractivity contribution in [2.75, 3.05) is 0 Å². The standard InChI is InChI=1S/C12H10BrF2N3OS/c1-2-3-18-10(16-17-12(18)20)6-19-11-8(14)4-7(13)5-9(11)15/h2,4-5H,1,3,6H2,(H,17,20). The van der Waals surface area contributed by atoms with Crippen LogP contribution in [-0.4, -0.2) is 14.8 Å². The van der Waals surface area contributed by atoms with Crippen LogP contribution in [0.4, 0.5) is 8.78 Å². The number of ether oxygens (including phenoxy) is 1. The number of nitrogens with one attached hydrogen (secondary N) is 1. The number of hydrogen-bond acceptors (Lipinski definition) is 3. The van der Waals surface area contributed by atoms with Gasteiger partial charge in [0.2, 0.25) is 0 Å². The molecule has 4 nitrogen and oxygen atoms in total. The molecular weight excluding hydrogens is 352 g/mol. The number of halogens is 3. The molecule has 0 aliphatic rings. The van der Waals surface area contributed by atoms with Crippen molar-refractivity contribution in [3.63, 3.8) is 0 Å². The van der Waals surface area contributed by atoms with Gasteiger partial charge in [-0.05, 0) is 24.4 Å². The Morgan fingerprint density at radius 2 is 2.10 bits per heavy atom. The van der Waals surface area contributed by atoms with E-state index in [-0.39, 0.29) is 6.61 Å². The molecule has 2 aromatic rings. The Morgan fingerprint density at radius 1 is 1.45 bits per heavy atom. The summed E-state index contributed by atoms with van der Waals surface area (Å²) in [5.74, 6) is -1.61. The average Bonchev–Trinajstić information content (AvgIpc) is 2.70. The van der Waals surface area contributed by atoms with Crippen LogP contribution in [0.25, 0.3) is 0 Å². The van der Waals surface area contributed by atoms with E-state index < -0.39 is 17.4 Å². The van der Waals surface area contributed by atoms with Crippen molar-refractivity contribution >= 4 is 28.1 Å². The molecule has 0 aliphatic carbocycles. The van der Waals surface area contributed by atoms with Gasteiger partial charge in [0.25, 0.3) is 0 Å². The molecule has 1 N–H and O–H groups in total. The molecule has 0 radical (unpaired) electrons. The zero-order chi connectivity index (χ0) is 14.7. The zero-order valence-corrected chi connectivity index (χ0v) is 12.6. The lowest BCUT2D eigenvalue weighted by Crippen LogP contribution is -2.08. The number of aromatic amines is 1. The highest BCUT2D eigenvalue weighted by atomic mass is 79.9. The molecule has 0 fully saturated rings. The first-order chi connectivity index (χ1) is 9.52. The van der Waals surface area contributed by atoms with Gasteiger partial charge in [0.1, 0.15) is 6.61 Å². The maximum Gasteiger partial charge on any atom is 0.195 e. The Kier molecular flexibility index (Phi) is 4.66. The summed E-state index contributed by atoms with van der Waals surface area (Å²) in [6.07, 6.45) is 1.63. The topological polar surface area (TPSA) is 42.8 Å². The van der Waals surface area contributed by atoms with E-state index in [1.807, 2.05) is 0 Å². The highest BCUT2D eigenvalue weighted by molar-refractivity contribution is 9.10. The van der Waals surface area contributed by atoms with Crippen molar-refractivity contribution in [2.24, 2.45) is 0 Å². The van der Waals surface area contributed by atoms with Crippen LogP contribution in [-0.2, 0) is 13.2 Å². The zero-order valence-electron chi connectivity index (χ0n) is 10.2. The number of hydrogen-bond donors (Lipinski definition) is 1. The molecule has 106 valence electrons. The maximum atomic E-state index is 13.6. The molecule has 1 aromatic heterocycles. The summed E-state index contributed by atoms with van der Waals surface area (Å²) in [6.45, 7) is 3.91. The van der Waals surface area contributed by atoms with Crippen LogP contribution in [0.2, 0.25) is 0 Å². The normalized spacial score (nSPS) is 10.6. The summed E-state index contributed by atoms with van der Waals surface area (Å²) in [5.41, 5.74) is 0. The molecule has 0 spiro atoms. The van der Waals surface area contributed by atoms with Gasteiger partial charge >= 0.3 is 0 Å². The van der Waals surface area contributed by atoms with E-state index in [2.05, 4.69) is 32.7 Å². The van der Waals surface area contributed by atoms with Crippen LogP contribution in [0.1, 0.15) is 5.82 Å². The van der Waals surface area contributed by atoms with E-state index in [9.17, 15) is 8.78 Å². The summed E-state index contributed by atoms with van der Waals surface area (Å²) in [7, 11) is 0. The molecule has 1 heterocycles. The maximum absolute atomic E-state index is 13.6. The minimum absolute atomic E-state index is 0.115. The predicted octanol–water partition coefficient (Wildman–Crippen LogP) is 3.75. The lowest BCUT2D eigenvalue weighted by Gasteiger charge is -2.09. The van der Waals surface area contributed by atoms with Crippen molar-refractivity contribution in [2.45, 2.75) is 13.2 Å². The van der Waals surface area contributed by atoms with Gasteiger partial charge in [-0.25, -0.2) is 8.78 Å². The third-order valence-corrected chi connectivity index (χ3v) is 3.23. The summed E-state index contributed by atoms with van der Waals surface area (Å²) in [4.78, 5) is 0. The van der Waals surface area contributed by atoms with E-state index in [1.165, 1.54) is 0 Å². The number of aromatic nitrogens is 3. The number of nitrogens with zero attached hydrogens (tertiary/aromatic N) is 2. The molecule has 0 aliphatic heterocycles. The Labute approximate surface area is 127 Å². The molecule has 1 aromatic carbocycles. The molecule has 0 saturated heterocycles. The van der Waals surface area contributed by atoms with E-state index in [4.69, 9.17) is 17.0 Å². The van der Waals surface area contributed by atoms with Crippen molar-refractivity contribution in [1.82, 2.24) is 14.8 Å². The number of benzene rings is 1. The lowest BCUT2D eigenvalue weighted by atomic mass is 10.3. The van der Waals surface area contributed by atoms with Gasteiger partial charge in [0.15, 0.2) is 28.0 Å². The van der Waals surface area contributed by atoms with E-state index >= 15 is 0 Å². The highest BCUT2D eigenvalue weighted by Crippen LogP contribution is 2.26. The number of allylic oxidation sites excluding steroid dienone is 1. The Bertz CT molecular complexity index is 675. The molecule has 8 heteroatoms. The van der Waals surface area contributed by atoms with Crippen LogP contribution in [0.5, 0.6) is 5.75 Å². The first kappa shape index (κ1) is 14.9. The largest absolute Gasteiger partial charge is 0.479 e. The minimum atomic E-state index is -0.790. The van der Waals surface area contributed by atoms with Crippen LogP contribution in [0, 0.1) is 16.4 Å². The van der Waals surface area contributed by atoms with Gasteiger partial charge in [-0.3, -0.25) is 9.67 Å². The van der Waals surface area contributed by atoms with Crippen molar-refractivity contribution in [3.8, 4) is 5.75 Å². The lowest BCUT2D eigenvalue weighted by molar-refractivity contribution is 0.261. The molecule has 0 saturated carbocycles. The Hall–Kier alpha value is -1.54. The summed E-state index contributed by atoms with van der Waals surface area (Å²) >= 11 is 8.02. The van der Waals surface area contributed by atoms with Crippen molar-refractivity contribution < 1.29 is 13.5 Å². The second-order valence-electron chi connectivity index (χ2n) is 3.83. The Balaban J connectivity index is 2.21. The first-order valence-corrected chi connectivity index (χ1v) is 6.75. The second-order valence-corrected chi connectivity index (χ2v) is 5.13. The molecule has 0 unspecified atom stereocenters. The fraction of sp³-hybridized carbons (Fsp3) is 0.167. The van der Waals surface area contributed by atoms with Crippen molar-refractivity contribution in [1.29, 1.82) is 0 Å². The van der Waals surface area contributed by atoms with Gasteiger partial charge < -0.3 is 4.74 Å². The third-order valence-electron chi connectivity index (χ3n) is 2.46. The molecule has 0 amide bonds. The fourth-order valence-electron chi connectivity index (χ4n) is 1.58. The average molecular weight is 362 g/mol. The first-order valence-electron chi connectivity index (χ1n) is 5.55. The minimum Gasteiger partial charge on any atom is -0.479 e. The van der Waals surface area contributed by atoms with Gasteiger partial charge in [0.05, 0.1) is 0 Å². The van der Waals surface area contributed by atoms with Gasteiger partial charge in [-0.15, -0.1) is 6.58 Å². The molecule has 0 atom stereocenters. The van der Waals surface area contributed by atoms with Crippen LogP contribution >= 0.6 is 28.1 Å². The third kappa shape index (κ3) is 3.13. The highest BCUT2D eigenvalue weighted by Gasteiger charge is 2.14. The van der Waals surface area contributed by atoms with Crippen LogP contribution in [0.3, 0.4) is 0 Å². The van der Waals surface area contributed by atoms with Crippen LogP contribution in [0.15, 0.2) is 29.3 Å². The van der Waals surface area contributed by atoms with Crippen LogP contribution < -0.4 is 4.74 Å². The quantitative estimate of drug-likeness (QED) is 0.651.